The smallest absolute Gasteiger partial charge is 0.0530 e. The van der Waals surface area contributed by atoms with Gasteiger partial charge < -0.3 is 0 Å². The molecule has 0 aromatic heterocycles. The third-order valence-electron chi connectivity index (χ3n) is 4.96. The van der Waals surface area contributed by atoms with Gasteiger partial charge in [0, 0.05) is 5.71 Å². The molecule has 3 atom stereocenters. The number of rotatable bonds is 2. The van der Waals surface area contributed by atoms with Gasteiger partial charge in [0.25, 0.3) is 0 Å². The van der Waals surface area contributed by atoms with Gasteiger partial charge in [-0.15, -0.1) is 0 Å². The van der Waals surface area contributed by atoms with Crippen molar-refractivity contribution in [3.63, 3.8) is 0 Å². The molecule has 0 aromatic carbocycles. The zero-order valence-electron chi connectivity index (χ0n) is 13.1. The molecule has 0 saturated heterocycles. The van der Waals surface area contributed by atoms with E-state index in [2.05, 4.69) is 55.4 Å². The molecule has 1 heteroatoms. The molecule has 100 valence electrons. The van der Waals surface area contributed by atoms with E-state index in [1.165, 1.54) is 18.6 Å². The summed E-state index contributed by atoms with van der Waals surface area (Å²) in [6.45, 7) is 18.5. The third-order valence-corrected chi connectivity index (χ3v) is 4.96. The Balaban J connectivity index is 2.83. The lowest BCUT2D eigenvalue weighted by atomic mass is 9.77. The Morgan fingerprint density at radius 1 is 1.24 bits per heavy atom. The van der Waals surface area contributed by atoms with Crippen molar-refractivity contribution in [2.45, 2.75) is 74.3 Å². The second-order valence-electron chi connectivity index (χ2n) is 7.73. The van der Waals surface area contributed by atoms with Gasteiger partial charge in [0.15, 0.2) is 0 Å². The lowest BCUT2D eigenvalue weighted by molar-refractivity contribution is 0.219. The van der Waals surface area contributed by atoms with E-state index in [-0.39, 0.29) is 5.41 Å². The quantitative estimate of drug-likeness (QED) is 0.602. The van der Waals surface area contributed by atoms with Crippen molar-refractivity contribution in [2.24, 2.45) is 27.7 Å². The Bertz CT molecular complexity index is 295. The lowest BCUT2D eigenvalue weighted by Gasteiger charge is -2.28. The second kappa shape index (κ2) is 4.74. The SMILES string of the molecule is CC(=NC1CC(C)(C(C)C)CC1C)C(C)(C)C. The van der Waals surface area contributed by atoms with Crippen LogP contribution in [0.1, 0.15) is 68.2 Å². The van der Waals surface area contributed by atoms with Gasteiger partial charge in [-0.3, -0.25) is 4.99 Å². The number of nitrogens with zero attached hydrogens (tertiary/aromatic N) is 1. The molecule has 0 spiro atoms. The van der Waals surface area contributed by atoms with Gasteiger partial charge in [0.2, 0.25) is 0 Å². The molecule has 3 unspecified atom stereocenters. The molecule has 1 aliphatic carbocycles. The summed E-state index contributed by atoms with van der Waals surface area (Å²) in [5.41, 5.74) is 2.02. The van der Waals surface area contributed by atoms with E-state index in [0.29, 0.717) is 11.5 Å². The summed E-state index contributed by atoms with van der Waals surface area (Å²) in [6.07, 6.45) is 2.59. The fraction of sp³-hybridized carbons (Fsp3) is 0.938. The van der Waals surface area contributed by atoms with Crippen LogP contribution < -0.4 is 0 Å². The average molecular weight is 237 g/mol. The van der Waals surface area contributed by atoms with E-state index in [1.807, 2.05) is 0 Å². The van der Waals surface area contributed by atoms with Crippen molar-refractivity contribution in [2.75, 3.05) is 0 Å². The predicted octanol–water partition coefficient (Wildman–Crippen LogP) is 4.95. The summed E-state index contributed by atoms with van der Waals surface area (Å²) in [7, 11) is 0. The minimum absolute atomic E-state index is 0.219. The molecule has 1 saturated carbocycles. The maximum atomic E-state index is 5.02. The first-order valence-corrected chi connectivity index (χ1v) is 7.11. The van der Waals surface area contributed by atoms with Crippen LogP contribution in [0.4, 0.5) is 0 Å². The van der Waals surface area contributed by atoms with Crippen LogP contribution in [0.5, 0.6) is 0 Å². The maximum absolute atomic E-state index is 5.02. The highest BCUT2D eigenvalue weighted by Crippen LogP contribution is 2.48. The van der Waals surface area contributed by atoms with E-state index in [0.717, 1.165) is 11.8 Å². The maximum Gasteiger partial charge on any atom is 0.0530 e. The summed E-state index contributed by atoms with van der Waals surface area (Å²) in [6, 6.07) is 0.543. The first-order chi connectivity index (χ1) is 7.56. The molecular formula is C16H31N. The molecule has 17 heavy (non-hydrogen) atoms. The van der Waals surface area contributed by atoms with Gasteiger partial charge in [-0.1, -0.05) is 48.5 Å². The van der Waals surface area contributed by atoms with Crippen molar-refractivity contribution in [3.8, 4) is 0 Å². The van der Waals surface area contributed by atoms with Crippen LogP contribution in [0.3, 0.4) is 0 Å². The Hall–Kier alpha value is -0.330. The molecule has 0 aromatic rings. The Kier molecular flexibility index (Phi) is 4.11. The number of aliphatic imine (C=N–C) groups is 1. The minimum Gasteiger partial charge on any atom is -0.290 e. The zero-order chi connectivity index (χ0) is 13.4. The van der Waals surface area contributed by atoms with Gasteiger partial charge in [-0.05, 0) is 42.4 Å². The molecule has 1 nitrogen and oxygen atoms in total. The molecule has 1 aliphatic rings. The second-order valence-corrected chi connectivity index (χ2v) is 7.73. The predicted molar refractivity (Wildman–Crippen MR) is 77.7 cm³/mol. The molecule has 0 bridgehead atoms. The summed E-state index contributed by atoms with van der Waals surface area (Å²) in [5.74, 6) is 1.50. The third kappa shape index (κ3) is 3.33. The number of hydrogen-bond acceptors (Lipinski definition) is 1. The van der Waals surface area contributed by atoms with Crippen molar-refractivity contribution in [1.29, 1.82) is 0 Å². The van der Waals surface area contributed by atoms with Gasteiger partial charge in [0.05, 0.1) is 6.04 Å². The first kappa shape index (κ1) is 14.7. The normalized spacial score (nSPS) is 35.7. The Morgan fingerprint density at radius 3 is 2.12 bits per heavy atom. The highest BCUT2D eigenvalue weighted by molar-refractivity contribution is 5.87. The molecule has 0 aliphatic heterocycles. The van der Waals surface area contributed by atoms with E-state index >= 15 is 0 Å². The highest BCUT2D eigenvalue weighted by Gasteiger charge is 2.42. The molecular weight excluding hydrogens is 206 g/mol. The summed E-state index contributed by atoms with van der Waals surface area (Å²) in [4.78, 5) is 5.02. The summed E-state index contributed by atoms with van der Waals surface area (Å²) in [5, 5.41) is 0. The van der Waals surface area contributed by atoms with Crippen LogP contribution in [0, 0.1) is 22.7 Å². The van der Waals surface area contributed by atoms with Crippen LogP contribution in [-0.4, -0.2) is 11.8 Å². The molecule has 0 heterocycles. The standard InChI is InChI=1S/C16H31N/c1-11(2)16(8)9-12(3)14(10-16)17-13(4)15(5,6)7/h11-12,14H,9-10H2,1-8H3. The first-order valence-electron chi connectivity index (χ1n) is 7.11. The van der Waals surface area contributed by atoms with Gasteiger partial charge in [-0.25, -0.2) is 0 Å². The van der Waals surface area contributed by atoms with Crippen LogP contribution in [0.15, 0.2) is 4.99 Å². The number of hydrogen-bond donors (Lipinski definition) is 0. The van der Waals surface area contributed by atoms with Crippen molar-refractivity contribution >= 4 is 5.71 Å². The fourth-order valence-electron chi connectivity index (χ4n) is 2.72. The van der Waals surface area contributed by atoms with E-state index in [1.54, 1.807) is 0 Å². The lowest BCUT2D eigenvalue weighted by Crippen LogP contribution is -2.22. The summed E-state index contributed by atoms with van der Waals surface area (Å²) >= 11 is 0. The summed E-state index contributed by atoms with van der Waals surface area (Å²) < 4.78 is 0. The van der Waals surface area contributed by atoms with Crippen molar-refractivity contribution in [1.82, 2.24) is 0 Å². The fourth-order valence-corrected chi connectivity index (χ4v) is 2.72. The minimum atomic E-state index is 0.219. The average Bonchev–Trinajstić information content (AvgIpc) is 2.41. The molecule has 0 amide bonds. The van der Waals surface area contributed by atoms with Gasteiger partial charge >= 0.3 is 0 Å². The van der Waals surface area contributed by atoms with E-state index in [4.69, 9.17) is 4.99 Å². The van der Waals surface area contributed by atoms with Gasteiger partial charge in [0.1, 0.15) is 0 Å². The van der Waals surface area contributed by atoms with Crippen LogP contribution >= 0.6 is 0 Å². The topological polar surface area (TPSA) is 12.4 Å². The largest absolute Gasteiger partial charge is 0.290 e. The molecule has 1 fully saturated rings. The van der Waals surface area contributed by atoms with Crippen molar-refractivity contribution in [3.05, 3.63) is 0 Å². The van der Waals surface area contributed by atoms with E-state index in [9.17, 15) is 0 Å². The Labute approximate surface area is 108 Å². The highest BCUT2D eigenvalue weighted by atomic mass is 14.8. The van der Waals surface area contributed by atoms with Crippen molar-refractivity contribution < 1.29 is 0 Å². The van der Waals surface area contributed by atoms with Crippen LogP contribution in [-0.2, 0) is 0 Å². The van der Waals surface area contributed by atoms with Gasteiger partial charge in [-0.2, -0.15) is 0 Å². The van der Waals surface area contributed by atoms with Crippen LogP contribution in [0.25, 0.3) is 0 Å². The molecule has 0 radical (unpaired) electrons. The molecule has 0 N–H and O–H groups in total. The van der Waals surface area contributed by atoms with Crippen LogP contribution in [0.2, 0.25) is 0 Å². The molecule has 1 rings (SSSR count). The van der Waals surface area contributed by atoms with E-state index < -0.39 is 0 Å². The Morgan fingerprint density at radius 2 is 1.76 bits per heavy atom. The monoisotopic (exact) mass is 237 g/mol. The zero-order valence-corrected chi connectivity index (χ0v) is 13.1.